The van der Waals surface area contributed by atoms with Crippen LogP contribution in [0.3, 0.4) is 0 Å². The largest absolute Gasteiger partial charge is 0.462 e. The van der Waals surface area contributed by atoms with Gasteiger partial charge >= 0.3 is 11.9 Å². The standard InChI is InChI=1S/C25H36N2O9S/c1-6-26(5)22(30)17(2)16-25(3,4)24(32)36-15-14-35-21(29)13-9-12-20(28)27-23(31)18-10-7-8-11-19(18)37(27,33)34/h7-8,10-11,17,20,28H,6,9,12-16H2,1-5H3. The lowest BCUT2D eigenvalue weighted by atomic mass is 9.83. The van der Waals surface area contributed by atoms with Gasteiger partial charge in [0.15, 0.2) is 0 Å². The van der Waals surface area contributed by atoms with Gasteiger partial charge in [0, 0.05) is 25.9 Å². The van der Waals surface area contributed by atoms with E-state index in [-0.39, 0.29) is 54.8 Å². The molecular weight excluding hydrogens is 504 g/mol. The van der Waals surface area contributed by atoms with Crippen LogP contribution in [0.25, 0.3) is 0 Å². The topological polar surface area (TPSA) is 148 Å². The van der Waals surface area contributed by atoms with Gasteiger partial charge in [0.25, 0.3) is 15.9 Å². The van der Waals surface area contributed by atoms with Crippen LogP contribution in [0.4, 0.5) is 0 Å². The number of carbonyl (C=O) groups is 4. The molecule has 0 bridgehead atoms. The predicted molar refractivity (Wildman–Crippen MR) is 132 cm³/mol. The van der Waals surface area contributed by atoms with Gasteiger partial charge in [0.05, 0.1) is 11.0 Å². The smallest absolute Gasteiger partial charge is 0.311 e. The second-order valence-electron chi connectivity index (χ2n) is 9.67. The number of ether oxygens (including phenoxy) is 2. The number of aliphatic hydroxyl groups excluding tert-OH is 1. The molecule has 11 nitrogen and oxygen atoms in total. The van der Waals surface area contributed by atoms with Gasteiger partial charge in [-0.05, 0) is 52.2 Å². The Hall–Kier alpha value is -2.99. The molecule has 206 valence electrons. The normalized spacial score (nSPS) is 16.1. The van der Waals surface area contributed by atoms with E-state index in [4.69, 9.17) is 9.47 Å². The van der Waals surface area contributed by atoms with Crippen LogP contribution in [0.1, 0.15) is 63.7 Å². The van der Waals surface area contributed by atoms with Crippen molar-refractivity contribution >= 4 is 33.8 Å². The van der Waals surface area contributed by atoms with E-state index in [9.17, 15) is 32.7 Å². The summed E-state index contributed by atoms with van der Waals surface area (Å²) < 4.78 is 35.8. The van der Waals surface area contributed by atoms with Gasteiger partial charge in [-0.3, -0.25) is 19.2 Å². The number of hydrogen-bond acceptors (Lipinski definition) is 9. The number of amides is 2. The summed E-state index contributed by atoms with van der Waals surface area (Å²) in [5, 5.41) is 10.3. The van der Waals surface area contributed by atoms with Crippen molar-refractivity contribution in [3.8, 4) is 0 Å². The number of benzene rings is 1. The van der Waals surface area contributed by atoms with E-state index in [0.717, 1.165) is 0 Å². The van der Waals surface area contributed by atoms with Crippen molar-refractivity contribution in [1.82, 2.24) is 9.21 Å². The average Bonchev–Trinajstić information content (AvgIpc) is 3.05. The fraction of sp³-hybridized carbons (Fsp3) is 0.600. The summed E-state index contributed by atoms with van der Waals surface area (Å²) in [6, 6.07) is 5.69. The molecule has 0 saturated heterocycles. The Kier molecular flexibility index (Phi) is 10.2. The van der Waals surface area contributed by atoms with E-state index < -0.39 is 39.5 Å². The minimum atomic E-state index is -4.15. The van der Waals surface area contributed by atoms with Crippen LogP contribution in [0, 0.1) is 11.3 Å². The fourth-order valence-corrected chi connectivity index (χ4v) is 5.71. The molecule has 2 atom stereocenters. The van der Waals surface area contributed by atoms with Crippen LogP contribution in [-0.2, 0) is 33.9 Å². The van der Waals surface area contributed by atoms with Gasteiger partial charge in [-0.2, -0.15) is 0 Å². The van der Waals surface area contributed by atoms with Gasteiger partial charge in [0.1, 0.15) is 24.3 Å². The molecule has 2 amide bonds. The Morgan fingerprint density at radius 3 is 2.38 bits per heavy atom. The third-order valence-electron chi connectivity index (χ3n) is 6.19. The molecule has 1 aliphatic rings. The van der Waals surface area contributed by atoms with E-state index in [0.29, 0.717) is 17.3 Å². The molecule has 0 aromatic heterocycles. The van der Waals surface area contributed by atoms with E-state index >= 15 is 0 Å². The van der Waals surface area contributed by atoms with Gasteiger partial charge in [0.2, 0.25) is 5.91 Å². The number of rotatable bonds is 13. The highest BCUT2D eigenvalue weighted by molar-refractivity contribution is 7.90. The quantitative estimate of drug-likeness (QED) is 0.293. The monoisotopic (exact) mass is 540 g/mol. The fourth-order valence-electron chi connectivity index (χ4n) is 4.07. The van der Waals surface area contributed by atoms with E-state index in [1.54, 1.807) is 32.7 Å². The number of sulfonamides is 1. The zero-order chi connectivity index (χ0) is 28.0. The minimum absolute atomic E-state index is 0.00645. The van der Waals surface area contributed by atoms with Crippen LogP contribution < -0.4 is 0 Å². The molecule has 0 radical (unpaired) electrons. The molecule has 2 rings (SSSR count). The lowest BCUT2D eigenvalue weighted by Gasteiger charge is -2.27. The maximum atomic E-state index is 12.6. The first-order valence-electron chi connectivity index (χ1n) is 12.2. The lowest BCUT2D eigenvalue weighted by molar-refractivity contribution is -0.160. The summed E-state index contributed by atoms with van der Waals surface area (Å²) in [5.41, 5.74) is -0.912. The zero-order valence-electron chi connectivity index (χ0n) is 21.9. The molecule has 37 heavy (non-hydrogen) atoms. The third kappa shape index (κ3) is 7.29. The highest BCUT2D eigenvalue weighted by Crippen LogP contribution is 2.32. The van der Waals surface area contributed by atoms with Crippen LogP contribution in [0.2, 0.25) is 0 Å². The van der Waals surface area contributed by atoms with E-state index in [1.807, 2.05) is 6.92 Å². The van der Waals surface area contributed by atoms with Gasteiger partial charge < -0.3 is 19.5 Å². The molecule has 0 aliphatic carbocycles. The average molecular weight is 541 g/mol. The predicted octanol–water partition coefficient (Wildman–Crippen LogP) is 1.94. The Labute approximate surface area is 217 Å². The van der Waals surface area contributed by atoms with Crippen molar-refractivity contribution in [3.63, 3.8) is 0 Å². The van der Waals surface area contributed by atoms with Crippen molar-refractivity contribution in [2.45, 2.75) is 64.5 Å². The summed E-state index contributed by atoms with van der Waals surface area (Å²) in [7, 11) is -2.45. The van der Waals surface area contributed by atoms with Gasteiger partial charge in [-0.1, -0.05) is 19.1 Å². The molecule has 1 N–H and O–H groups in total. The summed E-state index contributed by atoms with van der Waals surface area (Å²) >= 11 is 0. The van der Waals surface area contributed by atoms with Crippen molar-refractivity contribution in [1.29, 1.82) is 0 Å². The van der Waals surface area contributed by atoms with Gasteiger partial charge in [-0.15, -0.1) is 0 Å². The first-order valence-corrected chi connectivity index (χ1v) is 13.6. The zero-order valence-corrected chi connectivity index (χ0v) is 22.7. The number of nitrogens with zero attached hydrogens (tertiary/aromatic N) is 2. The Morgan fingerprint density at radius 2 is 1.76 bits per heavy atom. The minimum Gasteiger partial charge on any atom is -0.462 e. The van der Waals surface area contributed by atoms with Crippen LogP contribution in [-0.4, -0.2) is 79.5 Å². The summed E-state index contributed by atoms with van der Waals surface area (Å²) in [6.45, 7) is 7.24. The van der Waals surface area contributed by atoms with E-state index in [2.05, 4.69) is 0 Å². The maximum absolute atomic E-state index is 12.6. The second kappa shape index (κ2) is 12.5. The number of aliphatic hydroxyl groups is 1. The molecule has 1 aliphatic heterocycles. The van der Waals surface area contributed by atoms with Crippen molar-refractivity contribution < 1.29 is 42.2 Å². The molecule has 0 saturated carbocycles. The van der Waals surface area contributed by atoms with Crippen LogP contribution >= 0.6 is 0 Å². The Bertz CT molecular complexity index is 1120. The van der Waals surface area contributed by atoms with Gasteiger partial charge in [-0.25, -0.2) is 12.7 Å². The first kappa shape index (κ1) is 30.2. The number of fused-ring (bicyclic) bond motifs is 1. The molecule has 1 aromatic carbocycles. The number of carbonyl (C=O) groups excluding carboxylic acids is 4. The Balaban J connectivity index is 1.71. The van der Waals surface area contributed by atoms with Crippen molar-refractivity contribution in [3.05, 3.63) is 29.8 Å². The summed E-state index contributed by atoms with van der Waals surface area (Å²) in [6.07, 6.45) is -1.53. The highest BCUT2D eigenvalue weighted by atomic mass is 32.2. The van der Waals surface area contributed by atoms with Crippen molar-refractivity contribution in [2.75, 3.05) is 26.8 Å². The summed E-state index contributed by atoms with van der Waals surface area (Å²) in [4.78, 5) is 50.5. The van der Waals surface area contributed by atoms with E-state index in [1.165, 1.54) is 24.3 Å². The van der Waals surface area contributed by atoms with Crippen molar-refractivity contribution in [2.24, 2.45) is 11.3 Å². The van der Waals surface area contributed by atoms with Crippen LogP contribution in [0.5, 0.6) is 0 Å². The molecule has 12 heteroatoms. The maximum Gasteiger partial charge on any atom is 0.311 e. The number of esters is 2. The Morgan fingerprint density at radius 1 is 1.14 bits per heavy atom. The highest BCUT2D eigenvalue weighted by Gasteiger charge is 2.44. The third-order valence-corrected chi connectivity index (χ3v) is 8.03. The van der Waals surface area contributed by atoms with Crippen LogP contribution in [0.15, 0.2) is 29.2 Å². The lowest BCUT2D eigenvalue weighted by Crippen LogP contribution is -2.39. The molecule has 0 fully saturated rings. The molecule has 2 unspecified atom stereocenters. The molecular formula is C25H36N2O9S. The SMILES string of the molecule is CCN(C)C(=O)C(C)CC(C)(C)C(=O)OCCOC(=O)CCCC(O)N1C(=O)c2ccccc2S1(=O)=O. The second-order valence-corrected chi connectivity index (χ2v) is 11.5. The first-order chi connectivity index (χ1) is 17.2. The number of hydrogen-bond donors (Lipinski definition) is 1. The molecule has 1 aromatic rings. The summed E-state index contributed by atoms with van der Waals surface area (Å²) in [5.74, 6) is -2.36. The molecule has 1 heterocycles. The molecule has 0 spiro atoms.